The third-order valence-corrected chi connectivity index (χ3v) is 4.29. The lowest BCUT2D eigenvalue weighted by molar-refractivity contribution is 0.0940. The molecular formula is C16H20N2O2S. The summed E-state index contributed by atoms with van der Waals surface area (Å²) in [6, 6.07) is 9.17. The molecule has 1 aromatic heterocycles. The van der Waals surface area contributed by atoms with E-state index in [1.807, 2.05) is 19.9 Å². The largest absolute Gasteiger partial charge is 0.492 e. The number of anilines is 1. The Hall–Kier alpha value is -2.01. The molecule has 2 aromatic rings. The van der Waals surface area contributed by atoms with Gasteiger partial charge in [0.1, 0.15) is 5.75 Å². The van der Waals surface area contributed by atoms with Crippen LogP contribution in [0.25, 0.3) is 0 Å². The number of rotatable bonds is 5. The van der Waals surface area contributed by atoms with Crippen molar-refractivity contribution in [3.8, 4) is 5.75 Å². The second-order valence-electron chi connectivity index (χ2n) is 4.83. The zero-order valence-electron chi connectivity index (χ0n) is 12.5. The first-order valence-corrected chi connectivity index (χ1v) is 7.72. The summed E-state index contributed by atoms with van der Waals surface area (Å²) < 4.78 is 5.37. The van der Waals surface area contributed by atoms with Crippen LogP contribution in [0.1, 0.15) is 40.0 Å². The van der Waals surface area contributed by atoms with Gasteiger partial charge in [0.2, 0.25) is 0 Å². The molecule has 0 aliphatic heterocycles. The Morgan fingerprint density at radius 3 is 2.71 bits per heavy atom. The fourth-order valence-electron chi connectivity index (χ4n) is 2.01. The molecule has 1 aromatic carbocycles. The van der Waals surface area contributed by atoms with Gasteiger partial charge in [-0.05, 0) is 51.1 Å². The maximum absolute atomic E-state index is 12.3. The zero-order valence-corrected chi connectivity index (χ0v) is 13.3. The number of carbonyl (C=O) groups excluding carboxylic acids is 1. The average Bonchev–Trinajstić information content (AvgIpc) is 2.88. The highest BCUT2D eigenvalue weighted by molar-refractivity contribution is 7.12. The van der Waals surface area contributed by atoms with Crippen molar-refractivity contribution >= 4 is 22.9 Å². The van der Waals surface area contributed by atoms with Crippen molar-refractivity contribution in [2.75, 3.05) is 12.3 Å². The monoisotopic (exact) mass is 304 g/mol. The van der Waals surface area contributed by atoms with Crippen molar-refractivity contribution < 1.29 is 9.53 Å². The molecule has 21 heavy (non-hydrogen) atoms. The number of aryl methyl sites for hydroxylation is 1. The molecule has 0 fully saturated rings. The van der Waals surface area contributed by atoms with Gasteiger partial charge in [-0.15, -0.1) is 11.3 Å². The van der Waals surface area contributed by atoms with Crippen LogP contribution in [-0.2, 0) is 0 Å². The summed E-state index contributed by atoms with van der Waals surface area (Å²) in [6.07, 6.45) is 0. The summed E-state index contributed by atoms with van der Waals surface area (Å²) in [4.78, 5) is 14.6. The van der Waals surface area contributed by atoms with Crippen molar-refractivity contribution in [3.05, 3.63) is 45.6 Å². The first-order valence-electron chi connectivity index (χ1n) is 6.90. The van der Waals surface area contributed by atoms with E-state index >= 15 is 0 Å². The molecule has 0 radical (unpaired) electrons. The maximum Gasteiger partial charge on any atom is 0.251 e. The molecule has 0 aliphatic carbocycles. The molecule has 1 amide bonds. The third kappa shape index (κ3) is 3.76. The normalized spacial score (nSPS) is 12.0. The first-order chi connectivity index (χ1) is 10.0. The second-order valence-corrected chi connectivity index (χ2v) is 6.15. The van der Waals surface area contributed by atoms with Crippen LogP contribution in [0.3, 0.4) is 0 Å². The molecule has 0 saturated carbocycles. The van der Waals surface area contributed by atoms with Crippen LogP contribution in [0.2, 0.25) is 0 Å². The van der Waals surface area contributed by atoms with Crippen LogP contribution >= 0.6 is 11.3 Å². The number of benzene rings is 1. The number of hydrogen-bond donors (Lipinski definition) is 2. The Morgan fingerprint density at radius 1 is 1.38 bits per heavy atom. The molecule has 5 heteroatoms. The number of thiophene rings is 1. The molecule has 2 rings (SSSR count). The molecular weight excluding hydrogens is 284 g/mol. The predicted molar refractivity (Wildman–Crippen MR) is 87.0 cm³/mol. The van der Waals surface area contributed by atoms with Crippen molar-refractivity contribution in [1.82, 2.24) is 5.32 Å². The van der Waals surface area contributed by atoms with Gasteiger partial charge in [0.25, 0.3) is 5.91 Å². The number of hydrogen-bond acceptors (Lipinski definition) is 4. The Labute approximate surface area is 128 Å². The van der Waals surface area contributed by atoms with Crippen molar-refractivity contribution in [2.45, 2.75) is 26.8 Å². The summed E-state index contributed by atoms with van der Waals surface area (Å²) in [6.45, 7) is 6.46. The number of nitrogens with one attached hydrogen (secondary N) is 1. The predicted octanol–water partition coefficient (Wildman–Crippen LogP) is 3.53. The maximum atomic E-state index is 12.3. The minimum Gasteiger partial charge on any atom is -0.492 e. The van der Waals surface area contributed by atoms with Gasteiger partial charge in [-0.25, -0.2) is 0 Å². The van der Waals surface area contributed by atoms with Crippen molar-refractivity contribution in [2.24, 2.45) is 0 Å². The number of amides is 1. The van der Waals surface area contributed by atoms with Gasteiger partial charge in [-0.3, -0.25) is 4.79 Å². The summed E-state index contributed by atoms with van der Waals surface area (Å²) >= 11 is 1.69. The SMILES string of the molecule is CCOc1ccc(C(=O)NC(C)c2ccc(C)s2)cc1N. The highest BCUT2D eigenvalue weighted by Gasteiger charge is 2.14. The lowest BCUT2D eigenvalue weighted by Crippen LogP contribution is -2.26. The van der Waals surface area contributed by atoms with Gasteiger partial charge < -0.3 is 15.8 Å². The van der Waals surface area contributed by atoms with Crippen LogP contribution in [-0.4, -0.2) is 12.5 Å². The highest BCUT2D eigenvalue weighted by Crippen LogP contribution is 2.25. The van der Waals surface area contributed by atoms with E-state index in [0.717, 1.165) is 4.88 Å². The molecule has 0 aliphatic rings. The molecule has 0 saturated heterocycles. The number of nitrogen functional groups attached to an aromatic ring is 1. The molecule has 3 N–H and O–H groups in total. The third-order valence-electron chi connectivity index (χ3n) is 3.11. The zero-order chi connectivity index (χ0) is 15.4. The fraction of sp³-hybridized carbons (Fsp3) is 0.312. The van der Waals surface area contributed by atoms with E-state index in [1.54, 1.807) is 29.5 Å². The Kier molecular flexibility index (Phi) is 4.85. The lowest BCUT2D eigenvalue weighted by Gasteiger charge is -2.13. The van der Waals surface area contributed by atoms with Crippen LogP contribution < -0.4 is 15.8 Å². The molecule has 1 unspecified atom stereocenters. The molecule has 4 nitrogen and oxygen atoms in total. The van der Waals surface area contributed by atoms with Gasteiger partial charge in [0, 0.05) is 15.3 Å². The van der Waals surface area contributed by atoms with E-state index in [9.17, 15) is 4.79 Å². The standard InChI is InChI=1S/C16H20N2O2S/c1-4-20-14-7-6-12(9-13(14)17)16(19)18-11(3)15-8-5-10(2)21-15/h5-9,11H,4,17H2,1-3H3,(H,18,19). The fourth-order valence-corrected chi connectivity index (χ4v) is 2.89. The van der Waals surface area contributed by atoms with Crippen LogP contribution in [0.4, 0.5) is 5.69 Å². The quantitative estimate of drug-likeness (QED) is 0.831. The minimum atomic E-state index is -0.136. The average molecular weight is 304 g/mol. The smallest absolute Gasteiger partial charge is 0.251 e. The van der Waals surface area contributed by atoms with E-state index in [2.05, 4.69) is 18.3 Å². The van der Waals surface area contributed by atoms with Gasteiger partial charge in [-0.1, -0.05) is 0 Å². The Morgan fingerprint density at radius 2 is 2.14 bits per heavy atom. The molecule has 0 bridgehead atoms. The molecule has 112 valence electrons. The highest BCUT2D eigenvalue weighted by atomic mass is 32.1. The van der Waals surface area contributed by atoms with Crippen LogP contribution in [0, 0.1) is 6.92 Å². The minimum absolute atomic E-state index is 0.0241. The summed E-state index contributed by atoms with van der Waals surface area (Å²) in [5, 5.41) is 2.98. The topological polar surface area (TPSA) is 64.3 Å². The lowest BCUT2D eigenvalue weighted by atomic mass is 10.1. The van der Waals surface area contributed by atoms with Crippen molar-refractivity contribution in [3.63, 3.8) is 0 Å². The molecule has 1 atom stereocenters. The molecule has 0 spiro atoms. The van der Waals surface area contributed by atoms with Crippen LogP contribution in [0.5, 0.6) is 5.75 Å². The first kappa shape index (κ1) is 15.4. The van der Waals surface area contributed by atoms with Gasteiger partial charge in [-0.2, -0.15) is 0 Å². The summed E-state index contributed by atoms with van der Waals surface area (Å²) in [5.41, 5.74) is 6.90. The van der Waals surface area contributed by atoms with Gasteiger partial charge in [0.15, 0.2) is 0 Å². The Bertz CT molecular complexity index is 637. The Balaban J connectivity index is 2.08. The number of ether oxygens (including phenoxy) is 1. The van der Waals surface area contributed by atoms with E-state index in [0.29, 0.717) is 23.6 Å². The van der Waals surface area contributed by atoms with E-state index in [-0.39, 0.29) is 11.9 Å². The van der Waals surface area contributed by atoms with Gasteiger partial charge >= 0.3 is 0 Å². The molecule has 1 heterocycles. The summed E-state index contributed by atoms with van der Waals surface area (Å²) in [5.74, 6) is 0.472. The van der Waals surface area contributed by atoms with Crippen molar-refractivity contribution in [1.29, 1.82) is 0 Å². The van der Waals surface area contributed by atoms with Crippen LogP contribution in [0.15, 0.2) is 30.3 Å². The second kappa shape index (κ2) is 6.63. The van der Waals surface area contributed by atoms with E-state index < -0.39 is 0 Å². The summed E-state index contributed by atoms with van der Waals surface area (Å²) in [7, 11) is 0. The van der Waals surface area contributed by atoms with Gasteiger partial charge in [0.05, 0.1) is 18.3 Å². The number of nitrogens with two attached hydrogens (primary N) is 1. The van der Waals surface area contributed by atoms with E-state index in [1.165, 1.54) is 4.88 Å². The van der Waals surface area contributed by atoms with E-state index in [4.69, 9.17) is 10.5 Å². The number of carbonyl (C=O) groups is 1.